The summed E-state index contributed by atoms with van der Waals surface area (Å²) in [5.74, 6) is 0.255. The van der Waals surface area contributed by atoms with Crippen LogP contribution in [0, 0.1) is 5.92 Å². The average molecular weight is 249 g/mol. The molecule has 2 rings (SSSR count). The van der Waals surface area contributed by atoms with Crippen LogP contribution in [0.1, 0.15) is 12.0 Å². The summed E-state index contributed by atoms with van der Waals surface area (Å²) >= 11 is 0. The van der Waals surface area contributed by atoms with Crippen LogP contribution in [0.15, 0.2) is 30.3 Å². The molecule has 1 aromatic rings. The molecule has 1 atom stereocenters. The summed E-state index contributed by atoms with van der Waals surface area (Å²) in [7, 11) is 0. The number of hydrogen-bond donors (Lipinski definition) is 1. The lowest BCUT2D eigenvalue weighted by atomic mass is 10.1. The molecular formula is C14H19NO3. The summed E-state index contributed by atoms with van der Waals surface area (Å²) in [6.07, 6.45) is 0.890. The number of nitrogens with zero attached hydrogens (tertiary/aromatic N) is 1. The second-order valence-electron chi connectivity index (χ2n) is 4.66. The van der Waals surface area contributed by atoms with Crippen LogP contribution in [-0.4, -0.2) is 42.2 Å². The number of aliphatic hydroxyl groups excluding tert-OH is 1. The molecule has 4 heteroatoms. The summed E-state index contributed by atoms with van der Waals surface area (Å²) in [5, 5.41) is 9.02. The van der Waals surface area contributed by atoms with Crippen molar-refractivity contribution in [1.82, 2.24) is 4.90 Å². The van der Waals surface area contributed by atoms with Gasteiger partial charge in [0.25, 0.3) is 0 Å². The molecule has 0 radical (unpaired) electrons. The zero-order valence-corrected chi connectivity index (χ0v) is 10.4. The van der Waals surface area contributed by atoms with Crippen molar-refractivity contribution in [3.05, 3.63) is 35.9 Å². The maximum absolute atomic E-state index is 11.8. The van der Waals surface area contributed by atoms with E-state index < -0.39 is 0 Å². The van der Waals surface area contributed by atoms with Gasteiger partial charge in [-0.1, -0.05) is 30.3 Å². The number of aliphatic hydroxyl groups is 1. The van der Waals surface area contributed by atoms with E-state index in [2.05, 4.69) is 0 Å². The van der Waals surface area contributed by atoms with Crippen LogP contribution < -0.4 is 0 Å². The fourth-order valence-electron chi connectivity index (χ4n) is 2.13. The first-order valence-electron chi connectivity index (χ1n) is 6.30. The Labute approximate surface area is 107 Å². The Morgan fingerprint density at radius 1 is 1.39 bits per heavy atom. The maximum atomic E-state index is 11.8. The van der Waals surface area contributed by atoms with E-state index in [9.17, 15) is 4.79 Å². The Bertz CT molecular complexity index is 380. The normalized spacial score (nSPS) is 19.2. The number of likely N-dealkylation sites (tertiary alicyclic amines) is 1. The minimum Gasteiger partial charge on any atom is -0.396 e. The van der Waals surface area contributed by atoms with Gasteiger partial charge in [0, 0.05) is 25.6 Å². The largest absolute Gasteiger partial charge is 0.396 e. The highest BCUT2D eigenvalue weighted by Gasteiger charge is 2.25. The molecule has 1 saturated heterocycles. The van der Waals surface area contributed by atoms with Gasteiger partial charge in [0.2, 0.25) is 5.91 Å². The third-order valence-electron chi connectivity index (χ3n) is 3.23. The Morgan fingerprint density at radius 2 is 2.17 bits per heavy atom. The lowest BCUT2D eigenvalue weighted by Gasteiger charge is -2.16. The van der Waals surface area contributed by atoms with Crippen molar-refractivity contribution in [2.45, 2.75) is 13.0 Å². The topological polar surface area (TPSA) is 49.8 Å². The van der Waals surface area contributed by atoms with Gasteiger partial charge in [0.15, 0.2) is 0 Å². The molecule has 1 aliphatic heterocycles. The van der Waals surface area contributed by atoms with E-state index in [1.54, 1.807) is 4.90 Å². The van der Waals surface area contributed by atoms with Gasteiger partial charge in [-0.3, -0.25) is 4.79 Å². The van der Waals surface area contributed by atoms with Crippen LogP contribution in [0.4, 0.5) is 0 Å². The lowest BCUT2D eigenvalue weighted by molar-refractivity contribution is -0.135. The molecule has 1 N–H and O–H groups in total. The molecule has 0 aromatic heterocycles. The summed E-state index contributed by atoms with van der Waals surface area (Å²) in [4.78, 5) is 13.6. The summed E-state index contributed by atoms with van der Waals surface area (Å²) in [6.45, 7) is 2.13. The summed E-state index contributed by atoms with van der Waals surface area (Å²) in [6, 6.07) is 9.80. The zero-order valence-electron chi connectivity index (χ0n) is 10.4. The Kier molecular flexibility index (Phi) is 4.73. The predicted molar refractivity (Wildman–Crippen MR) is 67.9 cm³/mol. The molecule has 4 nitrogen and oxygen atoms in total. The van der Waals surface area contributed by atoms with Crippen molar-refractivity contribution in [2.75, 3.05) is 26.3 Å². The average Bonchev–Trinajstić information content (AvgIpc) is 2.89. The summed E-state index contributed by atoms with van der Waals surface area (Å²) in [5.41, 5.74) is 1.07. The second-order valence-corrected chi connectivity index (χ2v) is 4.66. The highest BCUT2D eigenvalue weighted by atomic mass is 16.5. The molecule has 1 amide bonds. The monoisotopic (exact) mass is 249 g/mol. The Morgan fingerprint density at radius 3 is 2.83 bits per heavy atom. The molecule has 0 spiro atoms. The molecule has 0 bridgehead atoms. The van der Waals surface area contributed by atoms with Gasteiger partial charge >= 0.3 is 0 Å². The Hall–Kier alpha value is -1.39. The van der Waals surface area contributed by atoms with Crippen molar-refractivity contribution in [2.24, 2.45) is 5.92 Å². The Balaban J connectivity index is 1.69. The van der Waals surface area contributed by atoms with Crippen LogP contribution in [0.3, 0.4) is 0 Å². The van der Waals surface area contributed by atoms with Crippen molar-refractivity contribution in [1.29, 1.82) is 0 Å². The van der Waals surface area contributed by atoms with E-state index in [-0.39, 0.29) is 25.0 Å². The van der Waals surface area contributed by atoms with E-state index >= 15 is 0 Å². The minimum atomic E-state index is 0.0156. The van der Waals surface area contributed by atoms with Gasteiger partial charge in [-0.2, -0.15) is 0 Å². The third-order valence-corrected chi connectivity index (χ3v) is 3.23. The van der Waals surface area contributed by atoms with Gasteiger partial charge in [0.1, 0.15) is 6.61 Å². The molecular weight excluding hydrogens is 230 g/mol. The van der Waals surface area contributed by atoms with Crippen molar-refractivity contribution < 1.29 is 14.6 Å². The lowest BCUT2D eigenvalue weighted by Crippen LogP contribution is -2.32. The number of carbonyl (C=O) groups excluding carboxylic acids is 1. The summed E-state index contributed by atoms with van der Waals surface area (Å²) < 4.78 is 5.41. The van der Waals surface area contributed by atoms with Crippen molar-refractivity contribution in [3.63, 3.8) is 0 Å². The molecule has 1 aliphatic rings. The quantitative estimate of drug-likeness (QED) is 0.848. The molecule has 98 valence electrons. The van der Waals surface area contributed by atoms with Crippen LogP contribution >= 0.6 is 0 Å². The van der Waals surface area contributed by atoms with Gasteiger partial charge < -0.3 is 14.7 Å². The van der Waals surface area contributed by atoms with Crippen LogP contribution in [0.25, 0.3) is 0 Å². The van der Waals surface area contributed by atoms with Gasteiger partial charge in [-0.15, -0.1) is 0 Å². The fourth-order valence-corrected chi connectivity index (χ4v) is 2.13. The first-order valence-corrected chi connectivity index (χ1v) is 6.30. The first-order chi connectivity index (χ1) is 8.79. The van der Waals surface area contributed by atoms with Crippen molar-refractivity contribution in [3.8, 4) is 0 Å². The number of carbonyl (C=O) groups is 1. The van der Waals surface area contributed by atoms with Gasteiger partial charge in [-0.05, 0) is 12.0 Å². The fraction of sp³-hybridized carbons (Fsp3) is 0.500. The molecule has 0 saturated carbocycles. The SMILES string of the molecule is O=C(COCc1ccccc1)N1CCC(CO)C1. The number of amides is 1. The van der Waals surface area contributed by atoms with Crippen LogP contribution in [0.5, 0.6) is 0 Å². The predicted octanol–water partition coefficient (Wildman–Crippen LogP) is 1.04. The smallest absolute Gasteiger partial charge is 0.248 e. The first kappa shape index (κ1) is 13.1. The highest BCUT2D eigenvalue weighted by molar-refractivity contribution is 5.77. The van der Waals surface area contributed by atoms with E-state index in [4.69, 9.17) is 9.84 Å². The number of hydrogen-bond acceptors (Lipinski definition) is 3. The van der Waals surface area contributed by atoms with E-state index in [0.717, 1.165) is 18.5 Å². The standard InChI is InChI=1S/C14H19NO3/c16-9-13-6-7-15(8-13)14(17)11-18-10-12-4-2-1-3-5-12/h1-5,13,16H,6-11H2. The number of rotatable bonds is 5. The van der Waals surface area contributed by atoms with E-state index in [1.165, 1.54) is 0 Å². The van der Waals surface area contributed by atoms with Gasteiger partial charge in [0.05, 0.1) is 6.61 Å². The molecule has 1 unspecified atom stereocenters. The minimum absolute atomic E-state index is 0.0156. The molecule has 1 heterocycles. The molecule has 1 fully saturated rings. The molecule has 1 aromatic carbocycles. The highest BCUT2D eigenvalue weighted by Crippen LogP contribution is 2.15. The van der Waals surface area contributed by atoms with Crippen molar-refractivity contribution >= 4 is 5.91 Å². The molecule has 0 aliphatic carbocycles. The van der Waals surface area contributed by atoms with Crippen LogP contribution in [0.2, 0.25) is 0 Å². The maximum Gasteiger partial charge on any atom is 0.248 e. The number of benzene rings is 1. The zero-order chi connectivity index (χ0) is 12.8. The van der Waals surface area contributed by atoms with E-state index in [1.807, 2.05) is 30.3 Å². The van der Waals surface area contributed by atoms with E-state index in [0.29, 0.717) is 13.2 Å². The molecule has 18 heavy (non-hydrogen) atoms. The van der Waals surface area contributed by atoms with Crippen LogP contribution in [-0.2, 0) is 16.1 Å². The second kappa shape index (κ2) is 6.52. The van der Waals surface area contributed by atoms with Gasteiger partial charge in [-0.25, -0.2) is 0 Å². The number of ether oxygens (including phenoxy) is 1. The third kappa shape index (κ3) is 3.55.